The van der Waals surface area contributed by atoms with Gasteiger partial charge >= 0.3 is 5.97 Å². The van der Waals surface area contributed by atoms with Crippen LogP contribution in [-0.2, 0) is 19.6 Å². The van der Waals surface area contributed by atoms with Gasteiger partial charge in [-0.05, 0) is 24.3 Å². The van der Waals surface area contributed by atoms with Gasteiger partial charge in [0.25, 0.3) is 0 Å². The summed E-state index contributed by atoms with van der Waals surface area (Å²) >= 11 is 0. The largest absolute Gasteiger partial charge is 0.480 e. The molecule has 7 nitrogen and oxygen atoms in total. The minimum absolute atomic E-state index is 0.0181. The average molecular weight is 310 g/mol. The van der Waals surface area contributed by atoms with E-state index in [4.69, 9.17) is 9.84 Å². The van der Waals surface area contributed by atoms with E-state index in [1.807, 2.05) is 0 Å². The number of nitrogens with one attached hydrogen (secondary N) is 1. The SMILES string of the molecule is COCC(NS(=O)(=O)c1cccc2ncccc12)C(=O)O. The van der Waals surface area contributed by atoms with E-state index in [0.29, 0.717) is 10.9 Å². The zero-order valence-corrected chi connectivity index (χ0v) is 12.0. The predicted molar refractivity (Wildman–Crippen MR) is 75.4 cm³/mol. The van der Waals surface area contributed by atoms with Crippen LogP contribution in [0.25, 0.3) is 10.9 Å². The van der Waals surface area contributed by atoms with Gasteiger partial charge in [-0.25, -0.2) is 8.42 Å². The summed E-state index contributed by atoms with van der Waals surface area (Å²) < 4.78 is 31.6. The van der Waals surface area contributed by atoms with Crippen LogP contribution in [0, 0.1) is 0 Å². The molecule has 0 aliphatic heterocycles. The molecule has 0 aliphatic rings. The second kappa shape index (κ2) is 6.17. The average Bonchev–Trinajstić information content (AvgIpc) is 2.46. The molecule has 0 saturated carbocycles. The maximum Gasteiger partial charge on any atom is 0.324 e. The number of aliphatic carboxylic acids is 1. The maximum absolute atomic E-state index is 12.4. The van der Waals surface area contributed by atoms with E-state index < -0.39 is 22.0 Å². The topological polar surface area (TPSA) is 106 Å². The zero-order chi connectivity index (χ0) is 15.5. The summed E-state index contributed by atoms with van der Waals surface area (Å²) in [5.41, 5.74) is 0.513. The lowest BCUT2D eigenvalue weighted by molar-refractivity contribution is -0.140. The number of aromatic nitrogens is 1. The van der Waals surface area contributed by atoms with E-state index in [1.54, 1.807) is 30.5 Å². The number of methoxy groups -OCH3 is 1. The van der Waals surface area contributed by atoms with Crippen LogP contribution in [0.15, 0.2) is 41.4 Å². The van der Waals surface area contributed by atoms with Crippen molar-refractivity contribution in [3.05, 3.63) is 36.5 Å². The molecule has 1 atom stereocenters. The molecule has 112 valence electrons. The summed E-state index contributed by atoms with van der Waals surface area (Å²) in [7, 11) is -2.71. The molecule has 1 heterocycles. The van der Waals surface area contributed by atoms with Crippen molar-refractivity contribution in [3.8, 4) is 0 Å². The van der Waals surface area contributed by atoms with Crippen LogP contribution < -0.4 is 4.72 Å². The molecule has 2 rings (SSSR count). The van der Waals surface area contributed by atoms with Gasteiger partial charge in [0.15, 0.2) is 0 Å². The summed E-state index contributed by atoms with van der Waals surface area (Å²) in [5, 5.41) is 9.43. The van der Waals surface area contributed by atoms with Crippen molar-refractivity contribution in [2.75, 3.05) is 13.7 Å². The maximum atomic E-state index is 12.4. The summed E-state index contributed by atoms with van der Waals surface area (Å²) in [5.74, 6) is -1.31. The van der Waals surface area contributed by atoms with Crippen LogP contribution in [0.2, 0.25) is 0 Å². The van der Waals surface area contributed by atoms with E-state index in [-0.39, 0.29) is 11.5 Å². The monoisotopic (exact) mass is 310 g/mol. The third-order valence-corrected chi connectivity index (χ3v) is 4.35. The fourth-order valence-electron chi connectivity index (χ4n) is 1.88. The molecule has 1 unspecified atom stereocenters. The number of benzene rings is 1. The first-order valence-corrected chi connectivity index (χ1v) is 7.52. The first kappa shape index (κ1) is 15.4. The lowest BCUT2D eigenvalue weighted by Crippen LogP contribution is -2.43. The first-order valence-electron chi connectivity index (χ1n) is 6.03. The van der Waals surface area contributed by atoms with Gasteiger partial charge in [0, 0.05) is 18.7 Å². The Morgan fingerprint density at radius 3 is 2.81 bits per heavy atom. The molecule has 0 spiro atoms. The Bertz CT molecular complexity index is 755. The number of fused-ring (bicyclic) bond motifs is 1. The molecule has 0 radical (unpaired) electrons. The molecule has 0 fully saturated rings. The summed E-state index contributed by atoms with van der Waals surface area (Å²) in [4.78, 5) is 15.1. The smallest absolute Gasteiger partial charge is 0.324 e. The Kier molecular flexibility index (Phi) is 4.51. The highest BCUT2D eigenvalue weighted by Gasteiger charge is 2.26. The van der Waals surface area contributed by atoms with Crippen molar-refractivity contribution in [2.45, 2.75) is 10.9 Å². The van der Waals surface area contributed by atoms with Crippen molar-refractivity contribution < 1.29 is 23.1 Å². The Morgan fingerprint density at radius 1 is 1.38 bits per heavy atom. The Hall–Kier alpha value is -2.03. The van der Waals surface area contributed by atoms with Crippen molar-refractivity contribution in [1.29, 1.82) is 0 Å². The molecule has 2 aromatic rings. The standard InChI is InChI=1S/C13H14N2O5S/c1-20-8-11(13(16)17)15-21(18,19)12-6-2-5-10-9(12)4-3-7-14-10/h2-7,11,15H,8H2,1H3,(H,16,17). The van der Waals surface area contributed by atoms with E-state index >= 15 is 0 Å². The number of sulfonamides is 1. The third kappa shape index (κ3) is 3.35. The molecule has 1 aromatic heterocycles. The summed E-state index contributed by atoms with van der Waals surface area (Å²) in [6, 6.07) is 6.51. The van der Waals surface area contributed by atoms with E-state index in [2.05, 4.69) is 9.71 Å². The number of rotatable bonds is 6. The van der Waals surface area contributed by atoms with E-state index in [1.165, 1.54) is 13.2 Å². The van der Waals surface area contributed by atoms with Gasteiger partial charge in [0.2, 0.25) is 10.0 Å². The second-order valence-electron chi connectivity index (χ2n) is 4.29. The fourth-order valence-corrected chi connectivity index (χ4v) is 3.27. The van der Waals surface area contributed by atoms with Gasteiger partial charge < -0.3 is 9.84 Å². The van der Waals surface area contributed by atoms with Gasteiger partial charge in [-0.15, -0.1) is 0 Å². The number of carbonyl (C=O) groups is 1. The van der Waals surface area contributed by atoms with Crippen molar-refractivity contribution in [2.24, 2.45) is 0 Å². The minimum atomic E-state index is -4.00. The van der Waals surface area contributed by atoms with Gasteiger partial charge in [-0.1, -0.05) is 6.07 Å². The van der Waals surface area contributed by atoms with Crippen LogP contribution in [0.3, 0.4) is 0 Å². The first-order chi connectivity index (χ1) is 9.95. The molecular formula is C13H14N2O5S. The highest BCUT2D eigenvalue weighted by atomic mass is 32.2. The van der Waals surface area contributed by atoms with Crippen LogP contribution in [0.1, 0.15) is 0 Å². The fraction of sp³-hybridized carbons (Fsp3) is 0.231. The number of hydrogen-bond donors (Lipinski definition) is 2. The number of carboxylic acid groups (broad SMARTS) is 1. The quantitative estimate of drug-likeness (QED) is 0.810. The molecule has 2 N–H and O–H groups in total. The van der Waals surface area contributed by atoms with Crippen molar-refractivity contribution >= 4 is 26.9 Å². The van der Waals surface area contributed by atoms with Crippen LogP contribution in [0.5, 0.6) is 0 Å². The molecular weight excluding hydrogens is 296 g/mol. The Labute approximate surface area is 121 Å². The predicted octanol–water partition coefficient (Wildman–Crippen LogP) is 0.613. The molecule has 8 heteroatoms. The van der Waals surface area contributed by atoms with Crippen LogP contribution in [-0.4, -0.2) is 44.2 Å². The number of nitrogens with zero attached hydrogens (tertiary/aromatic N) is 1. The zero-order valence-electron chi connectivity index (χ0n) is 11.2. The van der Waals surface area contributed by atoms with Crippen LogP contribution in [0.4, 0.5) is 0 Å². The summed E-state index contributed by atoms with van der Waals surface area (Å²) in [6.07, 6.45) is 1.55. The third-order valence-electron chi connectivity index (χ3n) is 2.82. The molecule has 0 bridgehead atoms. The lowest BCUT2D eigenvalue weighted by atomic mass is 10.2. The second-order valence-corrected chi connectivity index (χ2v) is 5.98. The van der Waals surface area contributed by atoms with E-state index in [9.17, 15) is 13.2 Å². The highest BCUT2D eigenvalue weighted by Crippen LogP contribution is 2.21. The molecule has 0 aliphatic carbocycles. The Morgan fingerprint density at radius 2 is 2.14 bits per heavy atom. The molecule has 0 saturated heterocycles. The molecule has 21 heavy (non-hydrogen) atoms. The number of hydrogen-bond acceptors (Lipinski definition) is 5. The lowest BCUT2D eigenvalue weighted by Gasteiger charge is -2.14. The summed E-state index contributed by atoms with van der Waals surface area (Å²) in [6.45, 7) is -0.266. The van der Waals surface area contributed by atoms with E-state index in [0.717, 1.165) is 0 Å². The van der Waals surface area contributed by atoms with Crippen molar-refractivity contribution in [3.63, 3.8) is 0 Å². The highest BCUT2D eigenvalue weighted by molar-refractivity contribution is 7.89. The number of ether oxygens (including phenoxy) is 1. The molecule has 0 amide bonds. The van der Waals surface area contributed by atoms with Crippen molar-refractivity contribution in [1.82, 2.24) is 9.71 Å². The Balaban J connectivity index is 2.44. The normalized spacial score (nSPS) is 13.2. The van der Waals surface area contributed by atoms with Gasteiger partial charge in [-0.3, -0.25) is 9.78 Å². The number of carboxylic acids is 1. The van der Waals surface area contributed by atoms with Gasteiger partial charge in [-0.2, -0.15) is 4.72 Å². The van der Waals surface area contributed by atoms with Crippen LogP contribution >= 0.6 is 0 Å². The minimum Gasteiger partial charge on any atom is -0.480 e. The number of pyridine rings is 1. The van der Waals surface area contributed by atoms with Gasteiger partial charge in [0.1, 0.15) is 6.04 Å². The molecule has 1 aromatic carbocycles. The van der Waals surface area contributed by atoms with Gasteiger partial charge in [0.05, 0.1) is 17.0 Å².